The lowest BCUT2D eigenvalue weighted by Crippen LogP contribution is -1.95. The molecule has 0 atom stereocenters. The predicted octanol–water partition coefficient (Wildman–Crippen LogP) is 3.41. The Bertz CT molecular complexity index is 730. The van der Waals surface area contributed by atoms with Gasteiger partial charge in [-0.05, 0) is 17.7 Å². The highest BCUT2D eigenvalue weighted by Gasteiger charge is 2.13. The number of imidazole rings is 1. The molecule has 0 saturated carbocycles. The normalized spacial score (nSPS) is 10.9. The molecule has 0 amide bonds. The fourth-order valence-electron chi connectivity index (χ4n) is 1.72. The average molecular weight is 279 g/mol. The van der Waals surface area contributed by atoms with Crippen molar-refractivity contribution >= 4 is 33.9 Å². The molecule has 0 aliphatic rings. The van der Waals surface area contributed by atoms with Gasteiger partial charge in [0, 0.05) is 16.6 Å². The quantitative estimate of drug-likeness (QED) is 0.781. The van der Waals surface area contributed by atoms with Gasteiger partial charge in [-0.25, -0.2) is 9.78 Å². The summed E-state index contributed by atoms with van der Waals surface area (Å²) < 4.78 is 1.78. The summed E-state index contributed by atoms with van der Waals surface area (Å²) in [4.78, 5) is 15.6. The van der Waals surface area contributed by atoms with Crippen molar-refractivity contribution in [1.82, 2.24) is 9.38 Å². The van der Waals surface area contributed by atoms with Crippen LogP contribution in [0.1, 0.15) is 10.5 Å². The van der Waals surface area contributed by atoms with Crippen LogP contribution in [0.3, 0.4) is 0 Å². The number of benzene rings is 1. The number of aromatic nitrogens is 2. The Labute approximate surface area is 111 Å². The van der Waals surface area contributed by atoms with Gasteiger partial charge in [0.25, 0.3) is 0 Å². The number of carboxylic acids is 1. The first-order valence-corrected chi connectivity index (χ1v) is 6.37. The van der Waals surface area contributed by atoms with Crippen molar-refractivity contribution in [2.75, 3.05) is 0 Å². The molecule has 90 valence electrons. The summed E-state index contributed by atoms with van der Waals surface area (Å²) in [5.41, 5.74) is 1.93. The van der Waals surface area contributed by atoms with E-state index in [-0.39, 0.29) is 5.69 Å². The van der Waals surface area contributed by atoms with E-state index in [4.69, 9.17) is 16.7 Å². The zero-order valence-electron chi connectivity index (χ0n) is 9.00. The summed E-state index contributed by atoms with van der Waals surface area (Å²) in [6, 6.07) is 7.39. The molecule has 1 aromatic carbocycles. The smallest absolute Gasteiger partial charge is 0.356 e. The first-order chi connectivity index (χ1) is 8.65. The van der Waals surface area contributed by atoms with E-state index in [1.54, 1.807) is 16.5 Å². The second-order valence-corrected chi connectivity index (χ2v) is 4.98. The summed E-state index contributed by atoms with van der Waals surface area (Å²) in [5, 5.41) is 11.5. The van der Waals surface area contributed by atoms with Crippen LogP contribution in [0.4, 0.5) is 0 Å². The number of carboxylic acid groups (broad SMARTS) is 1. The van der Waals surface area contributed by atoms with E-state index in [1.165, 1.54) is 17.5 Å². The van der Waals surface area contributed by atoms with Crippen molar-refractivity contribution in [3.8, 4) is 11.3 Å². The Morgan fingerprint density at radius 3 is 2.72 bits per heavy atom. The third kappa shape index (κ3) is 1.77. The van der Waals surface area contributed by atoms with Crippen molar-refractivity contribution in [1.29, 1.82) is 0 Å². The first-order valence-electron chi connectivity index (χ1n) is 5.11. The van der Waals surface area contributed by atoms with Crippen molar-refractivity contribution < 1.29 is 9.90 Å². The molecule has 0 aliphatic carbocycles. The third-order valence-electron chi connectivity index (χ3n) is 2.57. The van der Waals surface area contributed by atoms with Crippen molar-refractivity contribution in [2.45, 2.75) is 0 Å². The van der Waals surface area contributed by atoms with E-state index in [1.807, 2.05) is 17.5 Å². The van der Waals surface area contributed by atoms with Gasteiger partial charge in [0.1, 0.15) is 0 Å². The van der Waals surface area contributed by atoms with Gasteiger partial charge in [-0.15, -0.1) is 11.3 Å². The van der Waals surface area contributed by atoms with Crippen LogP contribution in [0.25, 0.3) is 16.2 Å². The molecule has 3 aromatic rings. The number of nitrogens with zero attached hydrogens (tertiary/aromatic N) is 2. The van der Waals surface area contributed by atoms with Crippen molar-refractivity contribution in [2.24, 2.45) is 0 Å². The molecule has 18 heavy (non-hydrogen) atoms. The number of rotatable bonds is 2. The van der Waals surface area contributed by atoms with E-state index in [0.717, 1.165) is 11.3 Å². The number of aromatic carboxylic acids is 1. The zero-order chi connectivity index (χ0) is 12.7. The second kappa shape index (κ2) is 4.12. The molecule has 3 rings (SSSR count). The zero-order valence-corrected chi connectivity index (χ0v) is 10.6. The standard InChI is InChI=1S/C12H7ClN2O2S/c13-8-3-1-7(2-4-8)10-6-18-12-14-9(11(16)17)5-15(10)12/h1-6H,(H,16,17). The Morgan fingerprint density at radius 1 is 1.33 bits per heavy atom. The Hall–Kier alpha value is -1.85. The first kappa shape index (κ1) is 11.3. The largest absolute Gasteiger partial charge is 0.476 e. The van der Waals surface area contributed by atoms with Crippen molar-refractivity contribution in [3.05, 3.63) is 46.6 Å². The Balaban J connectivity index is 2.17. The van der Waals surface area contributed by atoms with E-state index in [2.05, 4.69) is 4.98 Å². The van der Waals surface area contributed by atoms with Crippen LogP contribution in [0, 0.1) is 0 Å². The molecule has 0 fully saturated rings. The number of halogens is 1. The lowest BCUT2D eigenvalue weighted by atomic mass is 10.2. The molecule has 1 N–H and O–H groups in total. The lowest BCUT2D eigenvalue weighted by molar-refractivity contribution is 0.0691. The fourth-order valence-corrected chi connectivity index (χ4v) is 2.72. The SMILES string of the molecule is O=C(O)c1cn2c(-c3ccc(Cl)cc3)csc2n1. The van der Waals surface area contributed by atoms with E-state index in [0.29, 0.717) is 9.98 Å². The number of fused-ring (bicyclic) bond motifs is 1. The van der Waals surface area contributed by atoms with E-state index >= 15 is 0 Å². The number of carbonyl (C=O) groups is 1. The molecule has 0 aliphatic heterocycles. The van der Waals surface area contributed by atoms with Gasteiger partial charge in [0.2, 0.25) is 0 Å². The third-order valence-corrected chi connectivity index (χ3v) is 3.66. The van der Waals surface area contributed by atoms with Crippen molar-refractivity contribution in [3.63, 3.8) is 0 Å². The van der Waals surface area contributed by atoms with E-state index in [9.17, 15) is 4.79 Å². The second-order valence-electron chi connectivity index (χ2n) is 3.71. The summed E-state index contributed by atoms with van der Waals surface area (Å²) in [6.45, 7) is 0. The minimum Gasteiger partial charge on any atom is -0.476 e. The predicted molar refractivity (Wildman–Crippen MR) is 70.5 cm³/mol. The maximum Gasteiger partial charge on any atom is 0.356 e. The van der Waals surface area contributed by atoms with Gasteiger partial charge < -0.3 is 5.11 Å². The van der Waals surface area contributed by atoms with Gasteiger partial charge in [-0.2, -0.15) is 0 Å². The molecular formula is C12H7ClN2O2S. The molecule has 0 saturated heterocycles. The van der Waals surface area contributed by atoms with E-state index < -0.39 is 5.97 Å². The van der Waals surface area contributed by atoms with Gasteiger partial charge in [0.15, 0.2) is 10.7 Å². The number of hydrogen-bond acceptors (Lipinski definition) is 3. The minimum absolute atomic E-state index is 0.0528. The molecule has 2 aromatic heterocycles. The molecule has 0 radical (unpaired) electrons. The molecule has 6 heteroatoms. The van der Waals surface area contributed by atoms with Gasteiger partial charge in [-0.1, -0.05) is 23.7 Å². The topological polar surface area (TPSA) is 54.6 Å². The van der Waals surface area contributed by atoms with Crippen LogP contribution in [0.2, 0.25) is 5.02 Å². The minimum atomic E-state index is -1.02. The van der Waals surface area contributed by atoms with Crippen LogP contribution in [0.15, 0.2) is 35.8 Å². The maximum atomic E-state index is 10.9. The monoisotopic (exact) mass is 278 g/mol. The molecule has 4 nitrogen and oxygen atoms in total. The van der Waals surface area contributed by atoms with Crippen LogP contribution < -0.4 is 0 Å². The molecule has 2 heterocycles. The number of thiazole rings is 1. The number of hydrogen-bond donors (Lipinski definition) is 1. The van der Waals surface area contributed by atoms with Gasteiger partial charge in [0.05, 0.1) is 5.69 Å². The van der Waals surface area contributed by atoms with Crippen LogP contribution in [-0.2, 0) is 0 Å². The van der Waals surface area contributed by atoms with Crippen LogP contribution in [-0.4, -0.2) is 20.5 Å². The molecule has 0 unspecified atom stereocenters. The van der Waals surface area contributed by atoms with Gasteiger partial charge in [-0.3, -0.25) is 4.40 Å². The highest BCUT2D eigenvalue weighted by atomic mass is 35.5. The Morgan fingerprint density at radius 2 is 2.06 bits per heavy atom. The Kier molecular flexibility index (Phi) is 2.57. The lowest BCUT2D eigenvalue weighted by Gasteiger charge is -1.99. The maximum absolute atomic E-state index is 10.9. The highest BCUT2D eigenvalue weighted by molar-refractivity contribution is 7.15. The summed E-state index contributed by atoms with van der Waals surface area (Å²) in [6.07, 6.45) is 1.53. The molecule has 0 bridgehead atoms. The summed E-state index contributed by atoms with van der Waals surface area (Å²) in [5.74, 6) is -1.02. The summed E-state index contributed by atoms with van der Waals surface area (Å²) in [7, 11) is 0. The van der Waals surface area contributed by atoms with Crippen LogP contribution >= 0.6 is 22.9 Å². The van der Waals surface area contributed by atoms with Gasteiger partial charge >= 0.3 is 5.97 Å². The molecule has 0 spiro atoms. The van der Waals surface area contributed by atoms with Crippen LogP contribution in [0.5, 0.6) is 0 Å². The highest BCUT2D eigenvalue weighted by Crippen LogP contribution is 2.27. The molecular weight excluding hydrogens is 272 g/mol. The average Bonchev–Trinajstić information content (AvgIpc) is 2.89. The fraction of sp³-hybridized carbons (Fsp3) is 0. The summed E-state index contributed by atoms with van der Waals surface area (Å²) >= 11 is 7.25.